The van der Waals surface area contributed by atoms with Gasteiger partial charge in [0.2, 0.25) is 5.88 Å². The summed E-state index contributed by atoms with van der Waals surface area (Å²) in [5.74, 6) is 1.80. The molecule has 0 bridgehead atoms. The summed E-state index contributed by atoms with van der Waals surface area (Å²) in [6, 6.07) is 0. The van der Waals surface area contributed by atoms with Gasteiger partial charge in [-0.2, -0.15) is 0 Å². The van der Waals surface area contributed by atoms with Crippen LogP contribution in [-0.4, -0.2) is 5.16 Å². The average molecular weight is 196 g/mol. The normalized spacial score (nSPS) is 13.9. The van der Waals surface area contributed by atoms with Gasteiger partial charge in [-0.15, -0.1) is 0 Å². The standard InChI is InChI=1S/C11H20N2O/c1-6(2)8(5)10-9(7(3)4)11(12)14-13-10/h6-8H,12H2,1-5H3. The third kappa shape index (κ3) is 1.91. The minimum atomic E-state index is 0.373. The molecule has 80 valence electrons. The van der Waals surface area contributed by atoms with Gasteiger partial charge in [0.1, 0.15) is 0 Å². The van der Waals surface area contributed by atoms with Crippen molar-refractivity contribution in [3.05, 3.63) is 11.3 Å². The highest BCUT2D eigenvalue weighted by Crippen LogP contribution is 2.33. The number of rotatable bonds is 3. The second-order valence-corrected chi connectivity index (χ2v) is 4.53. The molecule has 0 spiro atoms. The summed E-state index contributed by atoms with van der Waals surface area (Å²) in [7, 11) is 0. The predicted octanol–water partition coefficient (Wildman–Crippen LogP) is 3.14. The Kier molecular flexibility index (Phi) is 3.19. The van der Waals surface area contributed by atoms with Crippen LogP contribution in [0.15, 0.2) is 4.52 Å². The first-order chi connectivity index (χ1) is 6.45. The second kappa shape index (κ2) is 4.03. The number of nitrogens with two attached hydrogens (primary N) is 1. The average Bonchev–Trinajstić information content (AvgIpc) is 2.45. The van der Waals surface area contributed by atoms with E-state index in [2.05, 4.69) is 39.8 Å². The lowest BCUT2D eigenvalue weighted by molar-refractivity contribution is 0.407. The summed E-state index contributed by atoms with van der Waals surface area (Å²) in [6.45, 7) is 10.7. The van der Waals surface area contributed by atoms with Crippen LogP contribution in [0, 0.1) is 5.92 Å². The van der Waals surface area contributed by atoms with Crippen molar-refractivity contribution in [3.63, 3.8) is 0 Å². The Hall–Kier alpha value is -0.990. The van der Waals surface area contributed by atoms with E-state index in [4.69, 9.17) is 10.3 Å². The lowest BCUT2D eigenvalue weighted by atomic mass is 9.89. The smallest absolute Gasteiger partial charge is 0.225 e. The van der Waals surface area contributed by atoms with Crippen LogP contribution >= 0.6 is 0 Å². The Morgan fingerprint density at radius 3 is 2.14 bits per heavy atom. The van der Waals surface area contributed by atoms with Gasteiger partial charge in [-0.25, -0.2) is 0 Å². The molecule has 1 unspecified atom stereocenters. The van der Waals surface area contributed by atoms with Gasteiger partial charge in [0, 0.05) is 11.5 Å². The Morgan fingerprint density at radius 2 is 1.71 bits per heavy atom. The first-order valence-electron chi connectivity index (χ1n) is 5.20. The fourth-order valence-corrected chi connectivity index (χ4v) is 1.55. The molecule has 0 saturated carbocycles. The third-order valence-corrected chi connectivity index (χ3v) is 2.79. The Labute approximate surface area is 85.7 Å². The molecule has 0 aromatic carbocycles. The third-order valence-electron chi connectivity index (χ3n) is 2.79. The van der Waals surface area contributed by atoms with Crippen LogP contribution in [0.2, 0.25) is 0 Å². The quantitative estimate of drug-likeness (QED) is 0.808. The van der Waals surface area contributed by atoms with Crippen molar-refractivity contribution in [3.8, 4) is 0 Å². The summed E-state index contributed by atoms with van der Waals surface area (Å²) in [4.78, 5) is 0. The van der Waals surface area contributed by atoms with Gasteiger partial charge in [0.05, 0.1) is 5.69 Å². The van der Waals surface area contributed by atoms with Crippen molar-refractivity contribution in [1.82, 2.24) is 5.16 Å². The Balaban J connectivity index is 3.09. The first-order valence-corrected chi connectivity index (χ1v) is 5.20. The number of hydrogen-bond acceptors (Lipinski definition) is 3. The molecular formula is C11H20N2O. The molecule has 14 heavy (non-hydrogen) atoms. The lowest BCUT2D eigenvalue weighted by Crippen LogP contribution is -2.06. The highest BCUT2D eigenvalue weighted by molar-refractivity contribution is 5.42. The van der Waals surface area contributed by atoms with Crippen LogP contribution in [0.5, 0.6) is 0 Å². The van der Waals surface area contributed by atoms with Crippen molar-refractivity contribution in [2.24, 2.45) is 5.92 Å². The molecule has 0 aliphatic carbocycles. The van der Waals surface area contributed by atoms with Crippen LogP contribution < -0.4 is 5.73 Å². The van der Waals surface area contributed by atoms with Gasteiger partial charge in [0.15, 0.2) is 0 Å². The van der Waals surface area contributed by atoms with Gasteiger partial charge in [0.25, 0.3) is 0 Å². The van der Waals surface area contributed by atoms with Gasteiger partial charge >= 0.3 is 0 Å². The fraction of sp³-hybridized carbons (Fsp3) is 0.727. The van der Waals surface area contributed by atoms with Crippen LogP contribution in [0.1, 0.15) is 57.7 Å². The van der Waals surface area contributed by atoms with Gasteiger partial charge < -0.3 is 10.3 Å². The van der Waals surface area contributed by atoms with Crippen molar-refractivity contribution in [1.29, 1.82) is 0 Å². The molecule has 0 amide bonds. The Bertz CT molecular complexity index is 302. The summed E-state index contributed by atoms with van der Waals surface area (Å²) < 4.78 is 5.06. The number of anilines is 1. The largest absolute Gasteiger partial charge is 0.367 e. The first kappa shape index (κ1) is 11.1. The topological polar surface area (TPSA) is 52.0 Å². The van der Waals surface area contributed by atoms with Gasteiger partial charge in [-0.05, 0) is 11.8 Å². The molecule has 3 nitrogen and oxygen atoms in total. The second-order valence-electron chi connectivity index (χ2n) is 4.53. The molecule has 0 saturated heterocycles. The summed E-state index contributed by atoms with van der Waals surface area (Å²) >= 11 is 0. The maximum atomic E-state index is 5.75. The van der Waals surface area contributed by atoms with Gasteiger partial charge in [-0.1, -0.05) is 39.8 Å². The molecule has 1 heterocycles. The van der Waals surface area contributed by atoms with E-state index in [-0.39, 0.29) is 0 Å². The maximum absolute atomic E-state index is 5.75. The predicted molar refractivity (Wildman–Crippen MR) is 58.3 cm³/mol. The van der Waals surface area contributed by atoms with Crippen LogP contribution in [0.3, 0.4) is 0 Å². The molecule has 0 fully saturated rings. The van der Waals surface area contributed by atoms with Crippen molar-refractivity contribution < 1.29 is 4.52 Å². The molecule has 3 heteroatoms. The van der Waals surface area contributed by atoms with Crippen molar-refractivity contribution in [2.75, 3.05) is 5.73 Å². The highest BCUT2D eigenvalue weighted by atomic mass is 16.5. The van der Waals surface area contributed by atoms with E-state index in [9.17, 15) is 0 Å². The molecule has 1 aromatic heterocycles. The molecule has 0 radical (unpaired) electrons. The molecule has 1 aromatic rings. The molecule has 1 atom stereocenters. The van der Waals surface area contributed by atoms with Crippen molar-refractivity contribution >= 4 is 5.88 Å². The van der Waals surface area contributed by atoms with E-state index < -0.39 is 0 Å². The summed E-state index contributed by atoms with van der Waals surface area (Å²) in [6.07, 6.45) is 0. The van der Waals surface area contributed by atoms with E-state index in [0.717, 1.165) is 11.3 Å². The zero-order valence-corrected chi connectivity index (χ0v) is 9.66. The van der Waals surface area contributed by atoms with Crippen LogP contribution in [-0.2, 0) is 0 Å². The summed E-state index contributed by atoms with van der Waals surface area (Å²) in [5.41, 5.74) is 7.85. The zero-order valence-electron chi connectivity index (χ0n) is 9.66. The maximum Gasteiger partial charge on any atom is 0.225 e. The van der Waals surface area contributed by atoms with Gasteiger partial charge in [-0.3, -0.25) is 0 Å². The van der Waals surface area contributed by atoms with Crippen LogP contribution in [0.25, 0.3) is 0 Å². The van der Waals surface area contributed by atoms with E-state index in [1.165, 1.54) is 0 Å². The highest BCUT2D eigenvalue weighted by Gasteiger charge is 2.23. The minimum absolute atomic E-state index is 0.373. The number of nitrogens with zero attached hydrogens (tertiary/aromatic N) is 1. The monoisotopic (exact) mass is 196 g/mol. The fourth-order valence-electron chi connectivity index (χ4n) is 1.55. The molecule has 2 N–H and O–H groups in total. The zero-order chi connectivity index (χ0) is 10.9. The Morgan fingerprint density at radius 1 is 1.14 bits per heavy atom. The van der Waals surface area contributed by atoms with E-state index >= 15 is 0 Å². The molecular weight excluding hydrogens is 176 g/mol. The number of nitrogen functional groups attached to an aromatic ring is 1. The van der Waals surface area contributed by atoms with E-state index in [0.29, 0.717) is 23.6 Å². The van der Waals surface area contributed by atoms with E-state index in [1.807, 2.05) is 0 Å². The minimum Gasteiger partial charge on any atom is -0.367 e. The lowest BCUT2D eigenvalue weighted by Gasteiger charge is -2.15. The van der Waals surface area contributed by atoms with Crippen LogP contribution in [0.4, 0.5) is 5.88 Å². The number of aromatic nitrogens is 1. The summed E-state index contributed by atoms with van der Waals surface area (Å²) in [5, 5.41) is 4.06. The SMILES string of the molecule is CC(C)c1c(C(C)C(C)C)noc1N. The molecule has 0 aliphatic heterocycles. The number of hydrogen-bond donors (Lipinski definition) is 1. The van der Waals surface area contributed by atoms with Crippen molar-refractivity contribution in [2.45, 2.75) is 46.5 Å². The van der Waals surface area contributed by atoms with E-state index in [1.54, 1.807) is 0 Å². The molecule has 1 rings (SSSR count). The molecule has 0 aliphatic rings.